The Morgan fingerprint density at radius 2 is 1.64 bits per heavy atom. The van der Waals surface area contributed by atoms with Crippen molar-refractivity contribution in [1.29, 1.82) is 0 Å². The molecule has 194 valence electrons. The van der Waals surface area contributed by atoms with Crippen LogP contribution >= 0.6 is 37.7 Å². The third-order valence-electron chi connectivity index (χ3n) is 11.4. The van der Waals surface area contributed by atoms with Gasteiger partial charge in [0, 0.05) is 6.79 Å². The molecule has 0 heterocycles. The number of hydrogen-bond acceptors (Lipinski definition) is 1. The van der Waals surface area contributed by atoms with Gasteiger partial charge in [0.1, 0.15) is 0 Å². The summed E-state index contributed by atoms with van der Waals surface area (Å²) in [6.07, 6.45) is 13.1. The van der Waals surface area contributed by atoms with Crippen molar-refractivity contribution in [2.45, 2.75) is 111 Å². The van der Waals surface area contributed by atoms with Gasteiger partial charge in [0.25, 0.3) is 0 Å². The van der Waals surface area contributed by atoms with Gasteiger partial charge in [-0.1, -0.05) is 53.9 Å². The van der Waals surface area contributed by atoms with E-state index in [-0.39, 0.29) is 23.3 Å². The van der Waals surface area contributed by atoms with Crippen molar-refractivity contribution >= 4 is 37.7 Å². The maximum atomic E-state index is 11.4. The average molecular weight is 625 g/mol. The van der Waals surface area contributed by atoms with E-state index in [0.29, 0.717) is 11.3 Å². The third kappa shape index (κ3) is 4.99. The number of aliphatic hydroxyl groups is 1. The molecule has 5 aliphatic rings. The van der Waals surface area contributed by atoms with Gasteiger partial charge in [-0.05, 0) is 104 Å². The number of fused-ring (bicyclic) bond motifs is 4. The van der Waals surface area contributed by atoms with Crippen LogP contribution in [0.5, 0.6) is 0 Å². The first-order valence-corrected chi connectivity index (χ1v) is 23.7. The Hall–Kier alpha value is 1.81. The van der Waals surface area contributed by atoms with Crippen molar-refractivity contribution in [2.24, 2.45) is 57.7 Å². The van der Waals surface area contributed by atoms with Gasteiger partial charge < -0.3 is 5.11 Å². The van der Waals surface area contributed by atoms with Crippen molar-refractivity contribution in [3.05, 3.63) is 0 Å². The monoisotopic (exact) mass is 625 g/mol. The van der Waals surface area contributed by atoms with Crippen LogP contribution in [0.25, 0.3) is 0 Å². The summed E-state index contributed by atoms with van der Waals surface area (Å²) in [5, 5.41) is 11.4. The molecule has 0 radical (unpaired) electrons. The van der Waals surface area contributed by atoms with Gasteiger partial charge in [-0.15, -0.1) is 0 Å². The second kappa shape index (κ2) is 9.84. The van der Waals surface area contributed by atoms with Crippen LogP contribution in [0, 0.1) is 57.7 Å². The quantitative estimate of drug-likeness (QED) is 0.302. The molecule has 5 saturated carbocycles. The summed E-state index contributed by atoms with van der Waals surface area (Å²) >= 11 is -3.13. The average Bonchev–Trinajstić information content (AvgIpc) is 2.98. The first-order valence-electron chi connectivity index (χ1n) is 14.0. The molecule has 5 fully saturated rings. The Morgan fingerprint density at radius 3 is 2.24 bits per heavy atom. The van der Waals surface area contributed by atoms with E-state index in [1.807, 2.05) is 0 Å². The zero-order valence-electron chi connectivity index (χ0n) is 22.1. The number of hydrogen-bond donors (Lipinski definition) is 1. The Morgan fingerprint density at radius 1 is 0.970 bits per heavy atom. The molecule has 5 rings (SSSR count). The van der Waals surface area contributed by atoms with Crippen LogP contribution in [-0.4, -0.2) is 11.2 Å². The van der Waals surface area contributed by atoms with E-state index in [9.17, 15) is 5.11 Å². The van der Waals surface area contributed by atoms with E-state index < -0.39 is 11.9 Å². The first kappa shape index (κ1) is 26.4. The normalized spacial score (nSPS) is 52.0. The fourth-order valence-electron chi connectivity index (χ4n) is 10.0. The van der Waals surface area contributed by atoms with E-state index in [0.717, 1.165) is 41.9 Å². The van der Waals surface area contributed by atoms with Crippen LogP contribution in [0.15, 0.2) is 0 Å². The van der Waals surface area contributed by atoms with Gasteiger partial charge in [-0.3, -0.25) is 0 Å². The van der Waals surface area contributed by atoms with Crippen LogP contribution < -0.4 is 0 Å². The van der Waals surface area contributed by atoms with Gasteiger partial charge in [0.15, 0.2) is 0 Å². The molecule has 6 heteroatoms. The zero-order valence-corrected chi connectivity index (χ0v) is 26.2. The minimum absolute atomic E-state index is 0.0238. The Labute approximate surface area is 223 Å². The second-order valence-electron chi connectivity index (χ2n) is 13.2. The molecule has 0 saturated heterocycles. The van der Waals surface area contributed by atoms with Gasteiger partial charge in [0.05, 0.1) is 6.10 Å². The zero-order chi connectivity index (χ0) is 25.3. The number of halogens is 4. The molecular weight excluding hydrogens is 578 g/mol. The molecule has 1 N–H and O–H groups in total. The summed E-state index contributed by atoms with van der Waals surface area (Å²) in [5.74, 6) is 5.41. The molecule has 0 aliphatic heterocycles. The first-order chi connectivity index (χ1) is 15.7. The van der Waals surface area contributed by atoms with Crippen molar-refractivity contribution in [2.75, 3.05) is 0 Å². The second-order valence-corrected chi connectivity index (χ2v) is 31.5. The van der Waals surface area contributed by atoms with Gasteiger partial charge in [-0.2, -0.15) is 0 Å². The van der Waals surface area contributed by atoms with Crippen LogP contribution in [-0.2, 0) is 11.9 Å². The summed E-state index contributed by atoms with van der Waals surface area (Å²) in [5.41, 5.74) is 0.722. The predicted molar refractivity (Wildman–Crippen MR) is 140 cm³/mol. The summed E-state index contributed by atoms with van der Waals surface area (Å²) < 4.78 is 8.69. The predicted octanol–water partition coefficient (Wildman–Crippen LogP) is 9.83. The molecular formula is C27H46Cl4MoO. The van der Waals surface area contributed by atoms with E-state index >= 15 is 0 Å². The van der Waals surface area contributed by atoms with Crippen molar-refractivity contribution < 1.29 is 18.4 Å². The van der Waals surface area contributed by atoms with Crippen molar-refractivity contribution in [3.63, 3.8) is 0 Å². The molecule has 1 spiro atoms. The Kier molecular flexibility index (Phi) is 7.88. The fraction of sp³-hybridized carbons (Fsp3) is 1.00. The van der Waals surface area contributed by atoms with E-state index in [1.165, 1.54) is 57.8 Å². The van der Waals surface area contributed by atoms with Crippen LogP contribution in [0.4, 0.5) is 0 Å². The van der Waals surface area contributed by atoms with Crippen molar-refractivity contribution in [1.82, 2.24) is 0 Å². The van der Waals surface area contributed by atoms with Crippen LogP contribution in [0.3, 0.4) is 0 Å². The van der Waals surface area contributed by atoms with Gasteiger partial charge in [0.2, 0.25) is 0 Å². The fourth-order valence-corrected chi connectivity index (χ4v) is 10.0. The molecule has 11 atom stereocenters. The summed E-state index contributed by atoms with van der Waals surface area (Å²) in [6, 6.07) is 0. The molecule has 0 aromatic heterocycles. The topological polar surface area (TPSA) is 20.2 Å². The maximum absolute atomic E-state index is 11.4. The van der Waals surface area contributed by atoms with Gasteiger partial charge >= 0.3 is 49.6 Å². The van der Waals surface area contributed by atoms with Crippen molar-refractivity contribution in [3.8, 4) is 0 Å². The third-order valence-corrected chi connectivity index (χ3v) is 11.4. The molecule has 0 aromatic rings. The van der Waals surface area contributed by atoms with Gasteiger partial charge in [-0.25, -0.2) is 0 Å². The molecule has 1 unspecified atom stereocenters. The summed E-state index contributed by atoms with van der Waals surface area (Å²) in [6.45, 7) is 12.4. The SMILES string of the molecule is [2H][C@H]1[C@H]2CC[C@]3(C)[C@H]4CC[C@]5(C)[C@@H]([C@H](C)CCCC(C)C)CC[C@H]5[C@@H]4C[C@@H](O)C213.[Cl][Mo]([Cl])([Cl])[Cl]. The Bertz CT molecular complexity index is 743. The molecule has 1 nitrogen and oxygen atoms in total. The minimum atomic E-state index is -3.13. The molecule has 0 amide bonds. The van der Waals surface area contributed by atoms with Crippen LogP contribution in [0.2, 0.25) is 0 Å². The standard InChI is InChI=1S/C27H46O.4ClH.Mo/c1-17(2)7-6-8-18(3)21-9-10-22-20-15-24(28)27-16-19(27)11-14-26(27,5)23(20)12-13-25(21,22)4;;;;;/h17-24,28H,6-16H2,1-5H3;4*1H;/q;;;;;+4/p-4/t18-,19-,20+,21-,22+,23+,24-,25-,26-,27?;;;;;/m1...../s1/i16D;;;;;/t16-,18+,19+,20-,21+,22-,23-,24+,25+,26+,27?;;;;;/m0...... The Balaban J connectivity index is 0.000000499. The summed E-state index contributed by atoms with van der Waals surface area (Å²) in [7, 11) is 20.1. The molecule has 0 bridgehead atoms. The number of rotatable bonds is 5. The molecule has 0 aromatic carbocycles. The molecule has 33 heavy (non-hydrogen) atoms. The summed E-state index contributed by atoms with van der Waals surface area (Å²) in [4.78, 5) is 0. The van der Waals surface area contributed by atoms with E-state index in [4.69, 9.17) is 39.0 Å². The molecule has 5 aliphatic carbocycles. The number of aliphatic hydroxyl groups excluding tert-OH is 1. The van der Waals surface area contributed by atoms with E-state index in [1.54, 1.807) is 0 Å². The van der Waals surface area contributed by atoms with E-state index in [2.05, 4.69) is 34.6 Å². The van der Waals surface area contributed by atoms with Crippen LogP contribution in [0.1, 0.15) is 107 Å².